The summed E-state index contributed by atoms with van der Waals surface area (Å²) in [7, 11) is 0. The number of rotatable bonds is 3. The van der Waals surface area contributed by atoms with Crippen molar-refractivity contribution in [1.29, 1.82) is 0 Å². The van der Waals surface area contributed by atoms with Gasteiger partial charge in [0.15, 0.2) is 0 Å². The van der Waals surface area contributed by atoms with Gasteiger partial charge in [-0.15, -0.1) is 0 Å². The first-order valence-corrected chi connectivity index (χ1v) is 6.18. The van der Waals surface area contributed by atoms with Gasteiger partial charge in [-0.25, -0.2) is 4.79 Å². The van der Waals surface area contributed by atoms with Crippen molar-refractivity contribution in [2.24, 2.45) is 11.3 Å². The first-order valence-electron chi connectivity index (χ1n) is 6.18. The fraction of sp³-hybridized carbons (Fsp3) is 0.786. The Morgan fingerprint density at radius 2 is 2.12 bits per heavy atom. The molecule has 1 heterocycles. The number of carbonyl (C=O) groups is 1. The molecule has 1 rings (SSSR count). The molecule has 1 aliphatic heterocycles. The molecule has 0 spiro atoms. The highest BCUT2D eigenvalue weighted by Gasteiger charge is 2.25. The van der Waals surface area contributed by atoms with Gasteiger partial charge in [-0.05, 0) is 31.1 Å². The number of allylic oxidation sites excluding steroid dienone is 1. The first kappa shape index (κ1) is 13.3. The Bertz CT molecular complexity index is 284. The second-order valence-corrected chi connectivity index (χ2v) is 6.26. The Morgan fingerprint density at radius 3 is 2.56 bits per heavy atom. The largest absolute Gasteiger partial charge is 0.459 e. The quantitative estimate of drug-likeness (QED) is 0.539. The van der Waals surface area contributed by atoms with E-state index in [9.17, 15) is 4.79 Å². The monoisotopic (exact) mass is 224 g/mol. The summed E-state index contributed by atoms with van der Waals surface area (Å²) in [6.07, 6.45) is 5.08. The van der Waals surface area contributed by atoms with Gasteiger partial charge in [-0.2, -0.15) is 0 Å². The van der Waals surface area contributed by atoms with Crippen molar-refractivity contribution in [3.05, 3.63) is 11.6 Å². The van der Waals surface area contributed by atoms with Crippen LogP contribution in [-0.2, 0) is 9.53 Å². The van der Waals surface area contributed by atoms with Gasteiger partial charge in [-0.3, -0.25) is 0 Å². The van der Waals surface area contributed by atoms with Crippen molar-refractivity contribution < 1.29 is 9.53 Å². The van der Waals surface area contributed by atoms with Crippen molar-refractivity contribution in [3.8, 4) is 0 Å². The molecule has 92 valence electrons. The average molecular weight is 224 g/mol. The molecule has 0 aliphatic carbocycles. The van der Waals surface area contributed by atoms with Crippen LogP contribution in [-0.4, -0.2) is 12.1 Å². The predicted molar refractivity (Wildman–Crippen MR) is 66.1 cm³/mol. The standard InChI is InChI=1S/C14H24O2/c1-10(9-14(3,4)5)6-7-12-8-11(2)16-13(12)15/h7,10-11H,6,8-9H2,1-5H3/b12-7-. The highest BCUT2D eigenvalue weighted by Crippen LogP contribution is 2.27. The summed E-state index contributed by atoms with van der Waals surface area (Å²) in [6, 6.07) is 0. The molecule has 0 bridgehead atoms. The number of carbonyl (C=O) groups excluding carboxylic acids is 1. The summed E-state index contributed by atoms with van der Waals surface area (Å²) in [4.78, 5) is 11.4. The molecule has 0 amide bonds. The SMILES string of the molecule is CC(C/C=C1/CC(C)OC1=O)CC(C)(C)C. The Kier molecular flexibility index (Phi) is 4.17. The van der Waals surface area contributed by atoms with Gasteiger partial charge in [0.2, 0.25) is 0 Å². The van der Waals surface area contributed by atoms with Gasteiger partial charge in [0, 0.05) is 12.0 Å². The van der Waals surface area contributed by atoms with Crippen LogP contribution in [0.4, 0.5) is 0 Å². The van der Waals surface area contributed by atoms with E-state index in [1.165, 1.54) is 6.42 Å². The minimum absolute atomic E-state index is 0.0664. The number of hydrogen-bond acceptors (Lipinski definition) is 2. The molecule has 0 aromatic heterocycles. The molecule has 16 heavy (non-hydrogen) atoms. The summed E-state index contributed by atoms with van der Waals surface area (Å²) in [5.41, 5.74) is 1.23. The zero-order valence-corrected chi connectivity index (χ0v) is 11.2. The molecule has 1 saturated heterocycles. The van der Waals surface area contributed by atoms with Crippen LogP contribution in [0, 0.1) is 11.3 Å². The predicted octanol–water partition coefficient (Wildman–Crippen LogP) is 3.71. The normalized spacial score (nSPS) is 25.9. The molecule has 2 nitrogen and oxygen atoms in total. The van der Waals surface area contributed by atoms with E-state index in [-0.39, 0.29) is 12.1 Å². The molecule has 0 N–H and O–H groups in total. The van der Waals surface area contributed by atoms with Crippen molar-refractivity contribution in [1.82, 2.24) is 0 Å². The lowest BCUT2D eigenvalue weighted by Crippen LogP contribution is -2.10. The van der Waals surface area contributed by atoms with Crippen LogP contribution in [0.25, 0.3) is 0 Å². The van der Waals surface area contributed by atoms with Gasteiger partial charge in [-0.1, -0.05) is 33.8 Å². The van der Waals surface area contributed by atoms with Crippen LogP contribution in [0.2, 0.25) is 0 Å². The third-order valence-corrected chi connectivity index (χ3v) is 2.81. The highest BCUT2D eigenvalue weighted by molar-refractivity contribution is 5.90. The van der Waals surface area contributed by atoms with E-state index in [1.54, 1.807) is 0 Å². The molecule has 0 saturated carbocycles. The van der Waals surface area contributed by atoms with Crippen molar-refractivity contribution in [3.63, 3.8) is 0 Å². The third-order valence-electron chi connectivity index (χ3n) is 2.81. The summed E-state index contributed by atoms with van der Waals surface area (Å²) >= 11 is 0. The molecular formula is C14H24O2. The highest BCUT2D eigenvalue weighted by atomic mass is 16.5. The Labute approximate surface area is 99.1 Å². The van der Waals surface area contributed by atoms with Crippen molar-refractivity contribution in [2.45, 2.75) is 60.0 Å². The van der Waals surface area contributed by atoms with Gasteiger partial charge in [0.05, 0.1) is 0 Å². The lowest BCUT2D eigenvalue weighted by Gasteiger charge is -2.22. The Balaban J connectivity index is 2.44. The summed E-state index contributed by atoms with van der Waals surface area (Å²) in [5.74, 6) is 0.506. The van der Waals surface area contributed by atoms with Crippen LogP contribution in [0.5, 0.6) is 0 Å². The van der Waals surface area contributed by atoms with E-state index in [0.717, 1.165) is 18.4 Å². The van der Waals surface area contributed by atoms with Crippen molar-refractivity contribution >= 4 is 5.97 Å². The van der Waals surface area contributed by atoms with Crippen LogP contribution in [0.3, 0.4) is 0 Å². The van der Waals surface area contributed by atoms with E-state index < -0.39 is 0 Å². The van der Waals surface area contributed by atoms with E-state index in [1.807, 2.05) is 6.92 Å². The second kappa shape index (κ2) is 5.03. The molecule has 2 atom stereocenters. The molecule has 1 fully saturated rings. The van der Waals surface area contributed by atoms with Gasteiger partial charge >= 0.3 is 5.97 Å². The molecule has 2 heteroatoms. The maximum Gasteiger partial charge on any atom is 0.334 e. The zero-order chi connectivity index (χ0) is 12.3. The average Bonchev–Trinajstić information content (AvgIpc) is 2.38. The lowest BCUT2D eigenvalue weighted by atomic mass is 9.84. The van der Waals surface area contributed by atoms with Crippen LogP contribution in [0.15, 0.2) is 11.6 Å². The Hall–Kier alpha value is -0.790. The molecule has 0 radical (unpaired) electrons. The van der Waals surface area contributed by atoms with E-state index in [2.05, 4.69) is 33.8 Å². The number of ether oxygens (including phenoxy) is 1. The smallest absolute Gasteiger partial charge is 0.334 e. The molecule has 0 aromatic carbocycles. The second-order valence-electron chi connectivity index (χ2n) is 6.26. The van der Waals surface area contributed by atoms with Crippen LogP contribution < -0.4 is 0 Å². The summed E-state index contributed by atoms with van der Waals surface area (Å²) in [5, 5.41) is 0. The fourth-order valence-electron chi connectivity index (χ4n) is 2.33. The minimum atomic E-state index is -0.115. The lowest BCUT2D eigenvalue weighted by molar-refractivity contribution is -0.138. The third kappa shape index (κ3) is 4.38. The Morgan fingerprint density at radius 1 is 1.50 bits per heavy atom. The molecular weight excluding hydrogens is 200 g/mol. The van der Waals surface area contributed by atoms with Gasteiger partial charge in [0.1, 0.15) is 6.10 Å². The zero-order valence-electron chi connectivity index (χ0n) is 11.2. The van der Waals surface area contributed by atoms with E-state index in [0.29, 0.717) is 11.3 Å². The van der Waals surface area contributed by atoms with E-state index >= 15 is 0 Å². The van der Waals surface area contributed by atoms with Gasteiger partial charge in [0.25, 0.3) is 0 Å². The molecule has 2 unspecified atom stereocenters. The maximum atomic E-state index is 11.4. The first-order chi connectivity index (χ1) is 7.28. The van der Waals surface area contributed by atoms with Crippen LogP contribution in [0.1, 0.15) is 53.9 Å². The minimum Gasteiger partial charge on any atom is -0.459 e. The topological polar surface area (TPSA) is 26.3 Å². The number of cyclic esters (lactones) is 1. The van der Waals surface area contributed by atoms with Gasteiger partial charge < -0.3 is 4.74 Å². The van der Waals surface area contributed by atoms with Crippen LogP contribution >= 0.6 is 0 Å². The molecule has 1 aliphatic rings. The molecule has 0 aromatic rings. The maximum absolute atomic E-state index is 11.4. The summed E-state index contributed by atoms with van der Waals surface area (Å²) in [6.45, 7) is 10.9. The van der Waals surface area contributed by atoms with E-state index in [4.69, 9.17) is 4.74 Å². The fourth-order valence-corrected chi connectivity index (χ4v) is 2.33. The summed E-state index contributed by atoms with van der Waals surface area (Å²) < 4.78 is 5.10. The number of hydrogen-bond donors (Lipinski definition) is 0. The number of esters is 1. The van der Waals surface area contributed by atoms with Crippen molar-refractivity contribution in [2.75, 3.05) is 0 Å².